The molecule has 0 aromatic heterocycles. The molecule has 0 aromatic carbocycles. The van der Waals surface area contributed by atoms with E-state index < -0.39 is 17.7 Å². The van der Waals surface area contributed by atoms with E-state index >= 15 is 0 Å². The van der Waals surface area contributed by atoms with Crippen molar-refractivity contribution in [1.29, 1.82) is 0 Å². The van der Waals surface area contributed by atoms with Crippen molar-refractivity contribution in [2.24, 2.45) is 5.92 Å². The smallest absolute Gasteiger partial charge is 0.411 e. The fraction of sp³-hybridized carbons (Fsp3) is 0.833. The number of rotatable bonds is 1. The van der Waals surface area contributed by atoms with E-state index in [0.29, 0.717) is 13.0 Å². The van der Waals surface area contributed by atoms with Crippen LogP contribution >= 0.6 is 0 Å². The Morgan fingerprint density at radius 3 is 2.35 bits per heavy atom. The van der Waals surface area contributed by atoms with Crippen molar-refractivity contribution in [1.82, 2.24) is 4.90 Å². The number of hydrogen-bond donors (Lipinski definition) is 0. The number of nitrogens with zero attached hydrogens (tertiary/aromatic N) is 1. The van der Waals surface area contributed by atoms with E-state index in [4.69, 9.17) is 9.47 Å². The lowest BCUT2D eigenvalue weighted by atomic mass is 10.1. The van der Waals surface area contributed by atoms with Gasteiger partial charge in [0.1, 0.15) is 11.6 Å². The summed E-state index contributed by atoms with van der Waals surface area (Å²) in [5.41, 5.74) is -0.552. The number of likely N-dealkylation sites (tertiary alicyclic amines) is 1. The van der Waals surface area contributed by atoms with Gasteiger partial charge in [0.05, 0.1) is 7.11 Å². The van der Waals surface area contributed by atoms with E-state index in [1.165, 1.54) is 12.0 Å². The van der Waals surface area contributed by atoms with Crippen LogP contribution in [-0.2, 0) is 14.3 Å². The third-order valence-corrected chi connectivity index (χ3v) is 2.61. The number of hydrogen-bond acceptors (Lipinski definition) is 4. The van der Waals surface area contributed by atoms with Gasteiger partial charge < -0.3 is 9.47 Å². The lowest BCUT2D eigenvalue weighted by Gasteiger charge is -2.27. The van der Waals surface area contributed by atoms with Crippen molar-refractivity contribution in [3.8, 4) is 0 Å². The Bertz CT molecular complexity index is 308. The molecular weight excluding hydrogens is 222 g/mol. The van der Waals surface area contributed by atoms with E-state index in [1.54, 1.807) is 20.8 Å². The molecule has 0 saturated carbocycles. The van der Waals surface area contributed by atoms with Gasteiger partial charge in [0.25, 0.3) is 0 Å². The van der Waals surface area contributed by atoms with Crippen molar-refractivity contribution in [3.63, 3.8) is 0 Å². The molecule has 1 rings (SSSR count). The molecule has 0 spiro atoms. The van der Waals surface area contributed by atoms with Crippen molar-refractivity contribution in [2.75, 3.05) is 13.7 Å². The van der Waals surface area contributed by atoms with Crippen LogP contribution in [0.2, 0.25) is 0 Å². The summed E-state index contributed by atoms with van der Waals surface area (Å²) in [7, 11) is 1.33. The van der Waals surface area contributed by atoms with E-state index in [0.717, 1.165) is 0 Å². The van der Waals surface area contributed by atoms with Crippen LogP contribution in [0.15, 0.2) is 0 Å². The monoisotopic (exact) mass is 243 g/mol. The van der Waals surface area contributed by atoms with Crippen molar-refractivity contribution >= 4 is 12.1 Å². The molecule has 1 aliphatic heterocycles. The Morgan fingerprint density at radius 2 is 1.88 bits per heavy atom. The van der Waals surface area contributed by atoms with Crippen LogP contribution < -0.4 is 0 Å². The third kappa shape index (κ3) is 3.61. The summed E-state index contributed by atoms with van der Waals surface area (Å²) in [6, 6.07) is -0.509. The normalized spacial score (nSPS) is 24.6. The highest BCUT2D eigenvalue weighted by molar-refractivity contribution is 5.82. The third-order valence-electron chi connectivity index (χ3n) is 2.61. The van der Waals surface area contributed by atoms with Crippen molar-refractivity contribution in [3.05, 3.63) is 0 Å². The average Bonchev–Trinajstić information content (AvgIpc) is 2.56. The first-order chi connectivity index (χ1) is 7.74. The Morgan fingerprint density at radius 1 is 1.29 bits per heavy atom. The quantitative estimate of drug-likeness (QED) is 0.659. The van der Waals surface area contributed by atoms with Crippen LogP contribution in [0.25, 0.3) is 0 Å². The van der Waals surface area contributed by atoms with Crippen LogP contribution in [0.1, 0.15) is 34.1 Å². The first kappa shape index (κ1) is 13.8. The molecule has 0 bridgehead atoms. The second-order valence-electron chi connectivity index (χ2n) is 5.51. The SMILES string of the molecule is COC(=O)[C@H]1C[C@H](C)CN1C(=O)OC(C)(C)C. The number of esters is 1. The van der Waals surface area contributed by atoms with Crippen LogP contribution in [0.4, 0.5) is 4.79 Å². The van der Waals surface area contributed by atoms with Gasteiger partial charge in [0.2, 0.25) is 0 Å². The van der Waals surface area contributed by atoms with E-state index in [2.05, 4.69) is 0 Å². The maximum absolute atomic E-state index is 11.9. The summed E-state index contributed by atoms with van der Waals surface area (Å²) in [5, 5.41) is 0. The van der Waals surface area contributed by atoms with E-state index in [9.17, 15) is 9.59 Å². The van der Waals surface area contributed by atoms with Crippen LogP contribution in [0.3, 0.4) is 0 Å². The Kier molecular flexibility index (Phi) is 4.01. The molecule has 1 heterocycles. The topological polar surface area (TPSA) is 55.8 Å². The summed E-state index contributed by atoms with van der Waals surface area (Å²) in [6.45, 7) is 7.95. The van der Waals surface area contributed by atoms with Gasteiger partial charge in [-0.05, 0) is 33.1 Å². The van der Waals surface area contributed by atoms with Gasteiger partial charge in [-0.1, -0.05) is 6.92 Å². The Labute approximate surface area is 102 Å². The second kappa shape index (κ2) is 4.94. The van der Waals surface area contributed by atoms with Crippen LogP contribution in [0, 0.1) is 5.92 Å². The molecule has 5 nitrogen and oxygen atoms in total. The molecule has 1 aliphatic rings. The molecule has 2 atom stereocenters. The molecule has 5 heteroatoms. The molecule has 0 N–H and O–H groups in total. The largest absolute Gasteiger partial charge is 0.467 e. The van der Waals surface area contributed by atoms with Gasteiger partial charge >= 0.3 is 12.1 Å². The highest BCUT2D eigenvalue weighted by atomic mass is 16.6. The highest BCUT2D eigenvalue weighted by Crippen LogP contribution is 2.25. The molecule has 98 valence electrons. The number of methoxy groups -OCH3 is 1. The number of amides is 1. The van der Waals surface area contributed by atoms with Crippen molar-refractivity contribution < 1.29 is 19.1 Å². The van der Waals surface area contributed by atoms with E-state index in [-0.39, 0.29) is 11.9 Å². The van der Waals surface area contributed by atoms with Crippen molar-refractivity contribution in [2.45, 2.75) is 45.8 Å². The maximum Gasteiger partial charge on any atom is 0.411 e. The zero-order valence-electron chi connectivity index (χ0n) is 11.1. The molecule has 1 amide bonds. The van der Waals surface area contributed by atoms with Gasteiger partial charge in [0.15, 0.2) is 0 Å². The number of carbonyl (C=O) groups is 2. The number of carbonyl (C=O) groups excluding carboxylic acids is 2. The van der Waals surface area contributed by atoms with Gasteiger partial charge in [-0.3, -0.25) is 4.90 Å². The molecule has 1 fully saturated rings. The lowest BCUT2D eigenvalue weighted by molar-refractivity contribution is -0.145. The first-order valence-electron chi connectivity index (χ1n) is 5.82. The van der Waals surface area contributed by atoms with Crippen LogP contribution in [0.5, 0.6) is 0 Å². The van der Waals surface area contributed by atoms with Gasteiger partial charge in [-0.15, -0.1) is 0 Å². The Hall–Kier alpha value is -1.26. The van der Waals surface area contributed by atoms with Gasteiger partial charge in [-0.2, -0.15) is 0 Å². The summed E-state index contributed by atoms with van der Waals surface area (Å²) >= 11 is 0. The predicted octanol–water partition coefficient (Wildman–Crippen LogP) is 1.80. The maximum atomic E-state index is 11.9. The highest BCUT2D eigenvalue weighted by Gasteiger charge is 2.40. The zero-order valence-corrected chi connectivity index (χ0v) is 11.1. The van der Waals surface area contributed by atoms with E-state index in [1.807, 2.05) is 6.92 Å². The minimum atomic E-state index is -0.552. The summed E-state index contributed by atoms with van der Waals surface area (Å²) in [4.78, 5) is 25.0. The number of ether oxygens (including phenoxy) is 2. The molecule has 17 heavy (non-hydrogen) atoms. The zero-order chi connectivity index (χ0) is 13.2. The second-order valence-corrected chi connectivity index (χ2v) is 5.51. The Balaban J connectivity index is 2.73. The lowest BCUT2D eigenvalue weighted by Crippen LogP contribution is -2.43. The molecule has 0 radical (unpaired) electrons. The molecule has 1 saturated heterocycles. The standard InChI is InChI=1S/C12H21NO4/c1-8-6-9(10(14)16-5)13(7-8)11(15)17-12(2,3)4/h8-9H,6-7H2,1-5H3/t8-,9+/m0/s1. The molecule has 0 aromatic rings. The molecule has 0 unspecified atom stereocenters. The minimum Gasteiger partial charge on any atom is -0.467 e. The average molecular weight is 243 g/mol. The fourth-order valence-electron chi connectivity index (χ4n) is 1.93. The first-order valence-corrected chi connectivity index (χ1v) is 5.82. The summed E-state index contributed by atoms with van der Waals surface area (Å²) < 4.78 is 9.98. The summed E-state index contributed by atoms with van der Waals surface area (Å²) in [5.74, 6) is -0.0909. The minimum absolute atomic E-state index is 0.284. The predicted molar refractivity (Wildman–Crippen MR) is 62.5 cm³/mol. The van der Waals surface area contributed by atoms with Crippen LogP contribution in [-0.4, -0.2) is 42.3 Å². The molecule has 0 aliphatic carbocycles. The fourth-order valence-corrected chi connectivity index (χ4v) is 1.93. The molecular formula is C12H21NO4. The van der Waals surface area contributed by atoms with Gasteiger partial charge in [0, 0.05) is 6.54 Å². The van der Waals surface area contributed by atoms with Gasteiger partial charge in [-0.25, -0.2) is 9.59 Å². The summed E-state index contributed by atoms with van der Waals surface area (Å²) in [6.07, 6.45) is 0.184.